The van der Waals surface area contributed by atoms with Crippen LogP contribution in [-0.2, 0) is 0 Å². The first-order valence-corrected chi connectivity index (χ1v) is 7.48. The molecule has 0 aliphatic heterocycles. The summed E-state index contributed by atoms with van der Waals surface area (Å²) in [6.45, 7) is 9.91. The van der Waals surface area contributed by atoms with Crippen LogP contribution in [0.25, 0.3) is 0 Å². The summed E-state index contributed by atoms with van der Waals surface area (Å²) in [5, 5.41) is 6.87. The lowest BCUT2D eigenvalue weighted by atomic mass is 10.2. The molecule has 0 bridgehead atoms. The highest BCUT2D eigenvalue weighted by Gasteiger charge is 2.27. The molecule has 1 heterocycles. The number of nitrogens with one attached hydrogen (secondary N) is 1. The molecule has 1 aromatic rings. The summed E-state index contributed by atoms with van der Waals surface area (Å²) in [4.78, 5) is 7.09. The molecule has 0 radical (unpaired) electrons. The molecular formula is C13H23N3S. The second-order valence-corrected chi connectivity index (χ2v) is 5.89. The molecule has 2 rings (SSSR count). The fraction of sp³-hybridized carbons (Fsp3) is 0.769. The Morgan fingerprint density at radius 2 is 2.35 bits per heavy atom. The van der Waals surface area contributed by atoms with Gasteiger partial charge < -0.3 is 5.32 Å². The zero-order chi connectivity index (χ0) is 12.3. The summed E-state index contributed by atoms with van der Waals surface area (Å²) in [5.41, 5.74) is 1.18. The Labute approximate surface area is 108 Å². The maximum atomic E-state index is 4.52. The monoisotopic (exact) mass is 253 g/mol. The van der Waals surface area contributed by atoms with E-state index in [1.165, 1.54) is 25.1 Å². The molecule has 0 saturated heterocycles. The van der Waals surface area contributed by atoms with Crippen molar-refractivity contribution in [2.24, 2.45) is 0 Å². The quantitative estimate of drug-likeness (QED) is 0.809. The van der Waals surface area contributed by atoms with Gasteiger partial charge >= 0.3 is 0 Å². The van der Waals surface area contributed by atoms with E-state index in [0.717, 1.165) is 24.1 Å². The van der Waals surface area contributed by atoms with Crippen LogP contribution < -0.4 is 5.32 Å². The predicted octanol–water partition coefficient (Wildman–Crippen LogP) is 2.59. The van der Waals surface area contributed by atoms with Crippen molar-refractivity contribution in [3.8, 4) is 0 Å². The van der Waals surface area contributed by atoms with Gasteiger partial charge in [-0.25, -0.2) is 4.98 Å². The number of likely N-dealkylation sites (N-methyl/N-ethyl adjacent to an activating group) is 1. The zero-order valence-electron chi connectivity index (χ0n) is 11.1. The lowest BCUT2D eigenvalue weighted by molar-refractivity contribution is 0.273. The summed E-state index contributed by atoms with van der Waals surface area (Å²) in [6, 6.07) is 1.25. The van der Waals surface area contributed by atoms with E-state index in [1.54, 1.807) is 11.3 Å². The fourth-order valence-electron chi connectivity index (χ4n) is 2.15. The molecule has 0 amide bonds. The molecule has 1 aromatic heterocycles. The first kappa shape index (κ1) is 13.0. The van der Waals surface area contributed by atoms with Gasteiger partial charge in [0.05, 0.1) is 10.7 Å². The van der Waals surface area contributed by atoms with Crippen molar-refractivity contribution in [1.82, 2.24) is 15.2 Å². The Bertz CT molecular complexity index is 346. The number of thiazole rings is 1. The van der Waals surface area contributed by atoms with Crippen LogP contribution in [0.4, 0.5) is 0 Å². The van der Waals surface area contributed by atoms with Crippen LogP contribution in [0.1, 0.15) is 43.4 Å². The van der Waals surface area contributed by atoms with E-state index in [1.807, 2.05) is 0 Å². The fourth-order valence-corrected chi connectivity index (χ4v) is 2.85. The average Bonchev–Trinajstić information content (AvgIpc) is 3.06. The van der Waals surface area contributed by atoms with Crippen LogP contribution in [0.5, 0.6) is 0 Å². The minimum atomic E-state index is 0.373. The van der Waals surface area contributed by atoms with Crippen molar-refractivity contribution in [1.29, 1.82) is 0 Å². The van der Waals surface area contributed by atoms with Gasteiger partial charge in [-0.3, -0.25) is 4.90 Å². The zero-order valence-corrected chi connectivity index (χ0v) is 11.9. The summed E-state index contributed by atoms with van der Waals surface area (Å²) in [6.07, 6.45) is 2.79. The summed E-state index contributed by atoms with van der Waals surface area (Å²) in [7, 11) is 0. The van der Waals surface area contributed by atoms with E-state index in [-0.39, 0.29) is 0 Å². The molecule has 1 N–H and O–H groups in total. The number of hydrogen-bond acceptors (Lipinski definition) is 4. The second-order valence-electron chi connectivity index (χ2n) is 4.83. The summed E-state index contributed by atoms with van der Waals surface area (Å²) in [5.74, 6) is 0. The maximum Gasteiger partial charge on any atom is 0.0898 e. The van der Waals surface area contributed by atoms with Crippen molar-refractivity contribution in [2.75, 3.05) is 19.6 Å². The maximum absolute atomic E-state index is 4.52. The van der Waals surface area contributed by atoms with Gasteiger partial charge in [0.2, 0.25) is 0 Å². The van der Waals surface area contributed by atoms with E-state index in [4.69, 9.17) is 0 Å². The molecule has 1 unspecified atom stereocenters. The summed E-state index contributed by atoms with van der Waals surface area (Å²) >= 11 is 1.73. The second kappa shape index (κ2) is 5.94. The first-order chi connectivity index (χ1) is 8.20. The van der Waals surface area contributed by atoms with Crippen molar-refractivity contribution in [3.63, 3.8) is 0 Å². The number of rotatable bonds is 7. The van der Waals surface area contributed by atoms with Gasteiger partial charge in [0.25, 0.3) is 0 Å². The average molecular weight is 253 g/mol. The van der Waals surface area contributed by atoms with Crippen LogP contribution in [0, 0.1) is 6.92 Å². The molecule has 96 valence electrons. The molecular weight excluding hydrogens is 230 g/mol. The highest BCUT2D eigenvalue weighted by atomic mass is 32.1. The molecule has 1 aliphatic rings. The Morgan fingerprint density at radius 1 is 1.59 bits per heavy atom. The van der Waals surface area contributed by atoms with Crippen LogP contribution in [-0.4, -0.2) is 35.6 Å². The van der Waals surface area contributed by atoms with E-state index < -0.39 is 0 Å². The lowest BCUT2D eigenvalue weighted by Crippen LogP contribution is -2.34. The van der Waals surface area contributed by atoms with Gasteiger partial charge in [-0.05, 0) is 33.2 Å². The number of aryl methyl sites for hydroxylation is 1. The van der Waals surface area contributed by atoms with E-state index in [9.17, 15) is 0 Å². The van der Waals surface area contributed by atoms with Gasteiger partial charge in [-0.15, -0.1) is 11.3 Å². The molecule has 1 aliphatic carbocycles. The number of aromatic nitrogens is 1. The van der Waals surface area contributed by atoms with Crippen LogP contribution in [0.2, 0.25) is 0 Å². The van der Waals surface area contributed by atoms with Crippen LogP contribution >= 0.6 is 11.3 Å². The van der Waals surface area contributed by atoms with E-state index in [0.29, 0.717) is 6.04 Å². The minimum absolute atomic E-state index is 0.373. The van der Waals surface area contributed by atoms with Crippen LogP contribution in [0.15, 0.2) is 5.38 Å². The minimum Gasteiger partial charge on any atom is -0.308 e. The Kier molecular flexibility index (Phi) is 4.54. The molecule has 0 aromatic carbocycles. The number of hydrogen-bond donors (Lipinski definition) is 1. The van der Waals surface area contributed by atoms with Crippen molar-refractivity contribution < 1.29 is 0 Å². The standard InChI is InChI=1S/C13H23N3S/c1-4-16(12-5-6-12)8-7-14-10(2)13-9-17-11(3)15-13/h9-10,12,14H,4-8H2,1-3H3. The molecule has 4 heteroatoms. The first-order valence-electron chi connectivity index (χ1n) is 6.60. The van der Waals surface area contributed by atoms with E-state index in [2.05, 4.69) is 41.4 Å². The molecule has 0 spiro atoms. The third-order valence-electron chi connectivity index (χ3n) is 3.40. The van der Waals surface area contributed by atoms with Gasteiger partial charge in [0.1, 0.15) is 0 Å². The normalized spacial score (nSPS) is 17.6. The summed E-state index contributed by atoms with van der Waals surface area (Å²) < 4.78 is 0. The topological polar surface area (TPSA) is 28.2 Å². The third-order valence-corrected chi connectivity index (χ3v) is 4.19. The predicted molar refractivity (Wildman–Crippen MR) is 73.5 cm³/mol. The van der Waals surface area contributed by atoms with Gasteiger partial charge in [0, 0.05) is 30.6 Å². The van der Waals surface area contributed by atoms with Gasteiger partial charge in [0.15, 0.2) is 0 Å². The molecule has 17 heavy (non-hydrogen) atoms. The lowest BCUT2D eigenvalue weighted by Gasteiger charge is -2.21. The van der Waals surface area contributed by atoms with Gasteiger partial charge in [-0.2, -0.15) is 0 Å². The molecule has 3 nitrogen and oxygen atoms in total. The third kappa shape index (κ3) is 3.76. The van der Waals surface area contributed by atoms with Crippen LogP contribution in [0.3, 0.4) is 0 Å². The van der Waals surface area contributed by atoms with Gasteiger partial charge in [-0.1, -0.05) is 6.92 Å². The molecule has 1 atom stereocenters. The Balaban J connectivity index is 1.70. The Morgan fingerprint density at radius 3 is 2.88 bits per heavy atom. The van der Waals surface area contributed by atoms with Crippen molar-refractivity contribution in [3.05, 3.63) is 16.1 Å². The molecule has 1 saturated carbocycles. The van der Waals surface area contributed by atoms with Crippen molar-refractivity contribution in [2.45, 2.75) is 45.7 Å². The molecule has 1 fully saturated rings. The highest BCUT2D eigenvalue weighted by Crippen LogP contribution is 2.26. The Hall–Kier alpha value is -0.450. The highest BCUT2D eigenvalue weighted by molar-refractivity contribution is 7.09. The largest absolute Gasteiger partial charge is 0.308 e. The number of nitrogens with zero attached hydrogens (tertiary/aromatic N) is 2. The van der Waals surface area contributed by atoms with E-state index >= 15 is 0 Å². The smallest absolute Gasteiger partial charge is 0.0898 e. The SMILES string of the molecule is CCN(CCNC(C)c1csc(C)n1)C1CC1. The van der Waals surface area contributed by atoms with Crippen molar-refractivity contribution >= 4 is 11.3 Å².